The summed E-state index contributed by atoms with van der Waals surface area (Å²) in [5.41, 5.74) is 0. The summed E-state index contributed by atoms with van der Waals surface area (Å²) in [6.07, 6.45) is 0. The third kappa shape index (κ3) is 41.2. The molecule has 39 valence electrons. The van der Waals surface area contributed by atoms with Crippen molar-refractivity contribution in [2.45, 2.75) is 0 Å². The van der Waals surface area contributed by atoms with Gasteiger partial charge in [0.05, 0.1) is 0 Å². The Morgan fingerprint density at radius 3 is 1.00 bits per heavy atom. The average Bonchev–Trinajstić information content (AvgIpc) is 0. The Kier molecular flexibility index (Phi) is 455. The van der Waals surface area contributed by atoms with Crippen molar-refractivity contribution in [3.8, 4) is 0 Å². The molecule has 0 saturated heterocycles. The van der Waals surface area contributed by atoms with Crippen LogP contribution in [0.1, 0.15) is 0 Å². The maximum Gasteiger partial charge on any atom is 0 e. The molecule has 0 aliphatic heterocycles. The molecule has 0 heterocycles. The fourth-order valence-corrected chi connectivity index (χ4v) is 0. The zero-order chi connectivity index (χ0) is 0. The van der Waals surface area contributed by atoms with Crippen molar-refractivity contribution in [2.75, 3.05) is 0 Å². The molecule has 0 unspecified atom stereocenters. The molecule has 0 aromatic rings. The fraction of sp³-hybridized carbons (Fsp3) is 0. The van der Waals surface area contributed by atoms with Crippen LogP contribution in [0.2, 0.25) is 0 Å². The molecule has 8 heavy (non-hydrogen) atoms. The first-order chi connectivity index (χ1) is 0. The second kappa shape index (κ2) is 53.5. The minimum absolute atomic E-state index is 0. The molecule has 0 aromatic carbocycles. The van der Waals surface area contributed by atoms with Crippen molar-refractivity contribution in [2.24, 2.45) is 0 Å². The topological polar surface area (TPSA) is 31.5 Å². The maximum absolute atomic E-state index is 0. The van der Waals surface area contributed by atoms with Gasteiger partial charge in [0.25, 0.3) is 0 Å². The fourth-order valence-electron chi connectivity index (χ4n) is 0. The minimum atomic E-state index is 0. The molecule has 0 aromatic heterocycles. The van der Waals surface area contributed by atoms with Gasteiger partial charge in [-0.05, 0) is 0 Å². The first-order valence-corrected chi connectivity index (χ1v) is 0. The van der Waals surface area contributed by atoms with E-state index in [1.807, 2.05) is 0 Å². The molecule has 0 aliphatic carbocycles. The summed E-state index contributed by atoms with van der Waals surface area (Å²) in [4.78, 5) is 0. The van der Waals surface area contributed by atoms with Crippen LogP contribution in [0.4, 0.5) is 0 Å². The molecule has 0 fully saturated rings. The molecule has 0 amide bonds. The van der Waals surface area contributed by atoms with Crippen molar-refractivity contribution in [1.82, 2.24) is 0 Å². The van der Waals surface area contributed by atoms with Crippen molar-refractivity contribution in [3.63, 3.8) is 0 Å². The van der Waals surface area contributed by atoms with Crippen LogP contribution < -0.4 is 0 Å². The van der Waals surface area contributed by atoms with Gasteiger partial charge in [-0.25, -0.2) is 0 Å². The van der Waals surface area contributed by atoms with E-state index in [9.17, 15) is 0 Å². The molecule has 0 atom stereocenters. The molecular weight excluding hydrogens is 767 g/mol. The third-order valence-corrected chi connectivity index (χ3v) is 0. The zero-order valence-corrected chi connectivity index (χ0v) is 22.6. The van der Waals surface area contributed by atoms with E-state index in [1.54, 1.807) is 0 Å². The van der Waals surface area contributed by atoms with Crippen LogP contribution in [0.15, 0.2) is 0 Å². The molecule has 0 bridgehead atoms. The van der Waals surface area contributed by atoms with Gasteiger partial charge in [-0.1, -0.05) is 0 Å². The Balaban J connectivity index is 0. The predicted octanol–water partition coefficient (Wildman–Crippen LogP) is -1.60. The second-order valence-electron chi connectivity index (χ2n) is 0. The van der Waals surface area contributed by atoms with Crippen LogP contribution >= 0.6 is 0 Å². The van der Waals surface area contributed by atoms with E-state index in [2.05, 4.69) is 0 Å². The normalized spacial score (nSPS) is 0. The summed E-state index contributed by atoms with van der Waals surface area (Å²) in [6.45, 7) is 0. The van der Waals surface area contributed by atoms with Gasteiger partial charge in [0.15, 0.2) is 0 Å². The Morgan fingerprint density at radius 1 is 1.00 bits per heavy atom. The average molecular weight is 769 g/mol. The van der Waals surface area contributed by atoms with E-state index in [1.165, 1.54) is 0 Å². The monoisotopic (exact) mass is 772 g/mol. The Hall–Kier alpha value is 5.70. The van der Waals surface area contributed by atoms with Crippen LogP contribution in [0.25, 0.3) is 0 Å². The predicted molar refractivity (Wildman–Crippen MR) is 15.1 cm³/mol. The van der Waals surface area contributed by atoms with Gasteiger partial charge in [0, 0.05) is 176 Å². The van der Waals surface area contributed by atoms with Crippen LogP contribution in [0.5, 0.6) is 0 Å². The molecular formula is H2BaMoNbOTaTeVZn. The Morgan fingerprint density at radius 2 is 1.00 bits per heavy atom. The molecule has 7 radical (unpaired) electrons. The SMILES string of the molecule is O.[Ba].[Mo].[Nb].[Ta].[Te].[V].[Zn]. The van der Waals surface area contributed by atoms with Crippen LogP contribution in [-0.4, -0.2) is 78.0 Å². The molecule has 0 aliphatic rings. The summed E-state index contributed by atoms with van der Waals surface area (Å²) < 4.78 is 0. The van der Waals surface area contributed by atoms with Gasteiger partial charge in [0.1, 0.15) is 0 Å². The zero-order valence-electron chi connectivity index (χ0n) is 4.07. The van der Waals surface area contributed by atoms with E-state index >= 15 is 0 Å². The smallest absolute Gasteiger partial charge is 0 e. The molecule has 0 spiro atoms. The van der Waals surface area contributed by atoms with E-state index in [-0.39, 0.29) is 182 Å². The second-order valence-corrected chi connectivity index (χ2v) is 0. The largest absolute Gasteiger partial charge is 0.412 e. The Bertz CT molecular complexity index is 24.0. The van der Waals surface area contributed by atoms with E-state index < -0.39 is 0 Å². The van der Waals surface area contributed by atoms with Gasteiger partial charge in [0.2, 0.25) is 0 Å². The third-order valence-electron chi connectivity index (χ3n) is 0. The summed E-state index contributed by atoms with van der Waals surface area (Å²) in [7, 11) is 0. The summed E-state index contributed by atoms with van der Waals surface area (Å²) in [5, 5.41) is 0. The first-order valence-electron chi connectivity index (χ1n) is 0. The molecule has 1 nitrogen and oxygen atoms in total. The summed E-state index contributed by atoms with van der Waals surface area (Å²) in [6, 6.07) is 0. The van der Waals surface area contributed by atoms with Crippen LogP contribution in [0, 0.1) is 0 Å². The van der Waals surface area contributed by atoms with Gasteiger partial charge in [-0.3, -0.25) is 0 Å². The Labute approximate surface area is 177 Å². The molecule has 8 heteroatoms. The van der Waals surface area contributed by atoms with Crippen molar-refractivity contribution < 1.29 is 109 Å². The van der Waals surface area contributed by atoms with Crippen molar-refractivity contribution >= 4 is 72.5 Å². The van der Waals surface area contributed by atoms with Gasteiger partial charge in [-0.15, -0.1) is 0 Å². The molecule has 0 rings (SSSR count). The molecule has 2 N–H and O–H groups in total. The van der Waals surface area contributed by atoms with Crippen LogP contribution in [0.3, 0.4) is 0 Å². The van der Waals surface area contributed by atoms with E-state index in [0.717, 1.165) is 0 Å². The maximum atomic E-state index is 0. The van der Waals surface area contributed by atoms with Gasteiger partial charge >= 0.3 is 0 Å². The standard InChI is InChI=1S/Ba.Mo.Nb.H2O.Ta.Te.V.Zn/h;;;1H2;;;;. The number of rotatable bonds is 0. The van der Waals surface area contributed by atoms with Crippen LogP contribution in [-0.2, 0) is 104 Å². The molecule has 0 saturated carbocycles. The number of hydrogen-bond donors (Lipinski definition) is 0. The van der Waals surface area contributed by atoms with Gasteiger partial charge < -0.3 is 5.48 Å². The number of hydrogen-bond acceptors (Lipinski definition) is 0. The summed E-state index contributed by atoms with van der Waals surface area (Å²) >= 11 is 0. The summed E-state index contributed by atoms with van der Waals surface area (Å²) in [5.74, 6) is 0. The van der Waals surface area contributed by atoms with Crippen molar-refractivity contribution in [1.29, 1.82) is 0 Å². The minimum Gasteiger partial charge on any atom is -0.412 e. The first kappa shape index (κ1) is 68.0. The quantitative estimate of drug-likeness (QED) is 0.267. The van der Waals surface area contributed by atoms with E-state index in [4.69, 9.17) is 0 Å². The van der Waals surface area contributed by atoms with Crippen molar-refractivity contribution in [3.05, 3.63) is 0 Å². The van der Waals surface area contributed by atoms with E-state index in [0.29, 0.717) is 0 Å². The van der Waals surface area contributed by atoms with Gasteiger partial charge in [-0.2, -0.15) is 0 Å².